The highest BCUT2D eigenvalue weighted by Crippen LogP contribution is 2.23. The molecule has 0 saturated heterocycles. The summed E-state index contributed by atoms with van der Waals surface area (Å²) in [5.41, 5.74) is 0.900. The molecular weight excluding hydrogens is 260 g/mol. The van der Waals surface area contributed by atoms with Gasteiger partial charge in [-0.05, 0) is 41.7 Å². The molecule has 15 heavy (non-hydrogen) atoms. The Morgan fingerprint density at radius 1 is 1.60 bits per heavy atom. The summed E-state index contributed by atoms with van der Waals surface area (Å²) in [5, 5.41) is 8.80. The molecule has 1 unspecified atom stereocenters. The Hall–Kier alpha value is -0.940. The quantitative estimate of drug-likeness (QED) is 0.910. The summed E-state index contributed by atoms with van der Waals surface area (Å²) in [5.74, 6) is -0.811. The number of hydrogen-bond acceptors (Lipinski definition) is 3. The molecule has 0 spiro atoms. The Morgan fingerprint density at radius 2 is 2.27 bits per heavy atom. The van der Waals surface area contributed by atoms with Crippen molar-refractivity contribution in [1.29, 1.82) is 0 Å². The van der Waals surface area contributed by atoms with E-state index in [2.05, 4.69) is 20.9 Å². The van der Waals surface area contributed by atoms with Crippen LogP contribution in [0.2, 0.25) is 0 Å². The van der Waals surface area contributed by atoms with E-state index in [1.54, 1.807) is 12.4 Å². The van der Waals surface area contributed by atoms with Gasteiger partial charge in [0.05, 0.1) is 6.42 Å². The molecule has 1 rings (SSSR count). The van der Waals surface area contributed by atoms with Gasteiger partial charge in [-0.25, -0.2) is 0 Å². The molecule has 0 aliphatic heterocycles. The van der Waals surface area contributed by atoms with Gasteiger partial charge in [0.2, 0.25) is 0 Å². The van der Waals surface area contributed by atoms with Gasteiger partial charge in [0.1, 0.15) is 0 Å². The lowest BCUT2D eigenvalue weighted by molar-refractivity contribution is -0.138. The standard InChI is InChI=1S/C10H13BrN2O2/c1-13(2)9(4-10(14)15)7-3-8(11)6-12-5-7/h3,5-6,9H,4H2,1-2H3,(H,14,15). The van der Waals surface area contributed by atoms with Crippen molar-refractivity contribution < 1.29 is 9.90 Å². The summed E-state index contributed by atoms with van der Waals surface area (Å²) < 4.78 is 0.859. The minimum atomic E-state index is -0.811. The van der Waals surface area contributed by atoms with Crippen LogP contribution >= 0.6 is 15.9 Å². The monoisotopic (exact) mass is 272 g/mol. The van der Waals surface area contributed by atoms with Crippen molar-refractivity contribution in [3.63, 3.8) is 0 Å². The third-order valence-electron chi connectivity index (χ3n) is 2.10. The van der Waals surface area contributed by atoms with E-state index in [1.807, 2.05) is 25.1 Å². The molecule has 0 aliphatic rings. The topological polar surface area (TPSA) is 53.4 Å². The van der Waals surface area contributed by atoms with Gasteiger partial charge in [0, 0.05) is 22.9 Å². The Balaban J connectivity index is 2.93. The maximum Gasteiger partial charge on any atom is 0.305 e. The van der Waals surface area contributed by atoms with E-state index in [-0.39, 0.29) is 12.5 Å². The van der Waals surface area contributed by atoms with Crippen LogP contribution in [0.5, 0.6) is 0 Å². The zero-order valence-corrected chi connectivity index (χ0v) is 10.2. The maximum absolute atomic E-state index is 10.7. The van der Waals surface area contributed by atoms with E-state index in [0.29, 0.717) is 0 Å². The van der Waals surface area contributed by atoms with Crippen LogP contribution in [-0.2, 0) is 4.79 Å². The molecule has 1 heterocycles. The number of halogens is 1. The number of carboxylic acid groups (broad SMARTS) is 1. The fourth-order valence-electron chi connectivity index (χ4n) is 1.37. The SMILES string of the molecule is CN(C)C(CC(=O)O)c1cncc(Br)c1. The third-order valence-corrected chi connectivity index (χ3v) is 2.54. The zero-order valence-electron chi connectivity index (χ0n) is 8.64. The Morgan fingerprint density at radius 3 is 2.73 bits per heavy atom. The molecule has 0 fully saturated rings. The van der Waals surface area contributed by atoms with Gasteiger partial charge in [-0.1, -0.05) is 0 Å². The van der Waals surface area contributed by atoms with Crippen molar-refractivity contribution in [2.24, 2.45) is 0 Å². The number of hydrogen-bond donors (Lipinski definition) is 1. The number of rotatable bonds is 4. The molecule has 82 valence electrons. The molecule has 1 aromatic heterocycles. The van der Waals surface area contributed by atoms with Crippen LogP contribution in [0.1, 0.15) is 18.0 Å². The third kappa shape index (κ3) is 3.60. The first-order chi connectivity index (χ1) is 7.00. The molecule has 4 nitrogen and oxygen atoms in total. The Bertz CT molecular complexity index is 355. The van der Waals surface area contributed by atoms with E-state index in [9.17, 15) is 4.79 Å². The van der Waals surface area contributed by atoms with Crippen molar-refractivity contribution in [1.82, 2.24) is 9.88 Å². The van der Waals surface area contributed by atoms with E-state index in [0.717, 1.165) is 10.0 Å². The summed E-state index contributed by atoms with van der Waals surface area (Å²) in [7, 11) is 3.71. The summed E-state index contributed by atoms with van der Waals surface area (Å²) in [4.78, 5) is 16.6. The second kappa shape index (κ2) is 5.23. The molecule has 0 bridgehead atoms. The number of aliphatic carboxylic acids is 1. The molecule has 1 N–H and O–H groups in total. The average molecular weight is 273 g/mol. The van der Waals surface area contributed by atoms with Gasteiger partial charge in [-0.15, -0.1) is 0 Å². The lowest BCUT2D eigenvalue weighted by Crippen LogP contribution is -2.22. The van der Waals surface area contributed by atoms with E-state index < -0.39 is 5.97 Å². The fourth-order valence-corrected chi connectivity index (χ4v) is 1.76. The van der Waals surface area contributed by atoms with E-state index >= 15 is 0 Å². The van der Waals surface area contributed by atoms with Crippen LogP contribution in [0.3, 0.4) is 0 Å². The van der Waals surface area contributed by atoms with Crippen molar-refractivity contribution in [3.8, 4) is 0 Å². The first-order valence-corrected chi connectivity index (χ1v) is 5.28. The van der Waals surface area contributed by atoms with Crippen molar-refractivity contribution in [3.05, 3.63) is 28.5 Å². The highest BCUT2D eigenvalue weighted by Gasteiger charge is 2.18. The van der Waals surface area contributed by atoms with Gasteiger partial charge < -0.3 is 10.0 Å². The Labute approximate surface area is 97.1 Å². The minimum Gasteiger partial charge on any atom is -0.481 e. The molecular formula is C10H13BrN2O2. The first kappa shape index (κ1) is 12.1. The van der Waals surface area contributed by atoms with Crippen LogP contribution in [0, 0.1) is 0 Å². The predicted octanol–water partition coefficient (Wildman–Crippen LogP) is 1.92. The molecule has 0 aliphatic carbocycles. The molecule has 1 atom stereocenters. The summed E-state index contributed by atoms with van der Waals surface area (Å²) in [6, 6.07) is 1.74. The smallest absolute Gasteiger partial charge is 0.305 e. The minimum absolute atomic E-state index is 0.0745. The van der Waals surface area contributed by atoms with E-state index in [1.165, 1.54) is 0 Å². The lowest BCUT2D eigenvalue weighted by Gasteiger charge is -2.22. The first-order valence-electron chi connectivity index (χ1n) is 4.49. The normalized spacial score (nSPS) is 12.8. The Kier molecular flexibility index (Phi) is 4.23. The lowest BCUT2D eigenvalue weighted by atomic mass is 10.1. The van der Waals surface area contributed by atoms with Crippen molar-refractivity contribution >= 4 is 21.9 Å². The maximum atomic E-state index is 10.7. The summed E-state index contributed by atoms with van der Waals surface area (Å²) >= 11 is 3.32. The van der Waals surface area contributed by atoms with Gasteiger partial charge in [-0.3, -0.25) is 9.78 Å². The van der Waals surface area contributed by atoms with Gasteiger partial charge in [0.25, 0.3) is 0 Å². The number of carboxylic acids is 1. The highest BCUT2D eigenvalue weighted by molar-refractivity contribution is 9.10. The summed E-state index contributed by atoms with van der Waals surface area (Å²) in [6.07, 6.45) is 3.44. The molecule has 5 heteroatoms. The van der Waals surface area contributed by atoms with E-state index in [4.69, 9.17) is 5.11 Å². The number of aromatic nitrogens is 1. The molecule has 0 amide bonds. The molecule has 0 aromatic carbocycles. The average Bonchev–Trinajstić information content (AvgIpc) is 2.13. The van der Waals surface area contributed by atoms with Crippen LogP contribution in [0.15, 0.2) is 22.9 Å². The van der Waals surface area contributed by atoms with Crippen LogP contribution in [0.25, 0.3) is 0 Å². The molecule has 0 saturated carbocycles. The van der Waals surface area contributed by atoms with Gasteiger partial charge in [0.15, 0.2) is 0 Å². The van der Waals surface area contributed by atoms with Crippen LogP contribution in [0.4, 0.5) is 0 Å². The second-order valence-electron chi connectivity index (χ2n) is 3.51. The van der Waals surface area contributed by atoms with Crippen LogP contribution in [-0.4, -0.2) is 35.1 Å². The van der Waals surface area contributed by atoms with Crippen LogP contribution < -0.4 is 0 Å². The molecule has 0 radical (unpaired) electrons. The molecule has 1 aromatic rings. The predicted molar refractivity (Wildman–Crippen MR) is 60.6 cm³/mol. The van der Waals surface area contributed by atoms with Crippen molar-refractivity contribution in [2.45, 2.75) is 12.5 Å². The zero-order chi connectivity index (χ0) is 11.4. The number of nitrogens with zero attached hydrogens (tertiary/aromatic N) is 2. The van der Waals surface area contributed by atoms with Crippen molar-refractivity contribution in [2.75, 3.05) is 14.1 Å². The van der Waals surface area contributed by atoms with Gasteiger partial charge >= 0.3 is 5.97 Å². The second-order valence-corrected chi connectivity index (χ2v) is 4.43. The number of pyridine rings is 1. The summed E-state index contributed by atoms with van der Waals surface area (Å²) in [6.45, 7) is 0. The fraction of sp³-hybridized carbons (Fsp3) is 0.400. The highest BCUT2D eigenvalue weighted by atomic mass is 79.9. The number of carbonyl (C=O) groups is 1. The van der Waals surface area contributed by atoms with Gasteiger partial charge in [-0.2, -0.15) is 0 Å². The largest absolute Gasteiger partial charge is 0.481 e.